The number of hydrogen-bond acceptors (Lipinski definition) is 2. The first kappa shape index (κ1) is 17.7. The molecular weight excluding hydrogens is 320 g/mol. The van der Waals surface area contributed by atoms with Crippen molar-refractivity contribution in [3.63, 3.8) is 0 Å². The first-order chi connectivity index (χ1) is 12.7. The van der Waals surface area contributed by atoms with Gasteiger partial charge in [-0.3, -0.25) is 0 Å². The van der Waals surface area contributed by atoms with Crippen LogP contribution < -0.4 is 0 Å². The third kappa shape index (κ3) is 5.18. The Balaban J connectivity index is 0.000000151. The molecule has 0 saturated heterocycles. The molecule has 0 atom stereocenters. The molecule has 4 aromatic rings. The lowest BCUT2D eigenvalue weighted by molar-refractivity contribution is 1.09. The Hall–Kier alpha value is -3.14. The number of aromatic nitrogens is 4. The van der Waals surface area contributed by atoms with Crippen molar-refractivity contribution in [1.29, 1.82) is 0 Å². The summed E-state index contributed by atoms with van der Waals surface area (Å²) < 4.78 is 0. The summed E-state index contributed by atoms with van der Waals surface area (Å²) in [7, 11) is 0. The van der Waals surface area contributed by atoms with E-state index in [-0.39, 0.29) is 0 Å². The molecule has 0 spiro atoms. The number of nitrogens with zero attached hydrogens (tertiary/aromatic N) is 2. The smallest absolute Gasteiger partial charge is 0.0921 e. The number of imidazole rings is 2. The predicted octanol–water partition coefficient (Wildman–Crippen LogP) is 4.62. The normalized spacial score (nSPS) is 10.2. The van der Waals surface area contributed by atoms with Crippen molar-refractivity contribution in [3.05, 3.63) is 107 Å². The van der Waals surface area contributed by atoms with Gasteiger partial charge in [0.15, 0.2) is 0 Å². The summed E-state index contributed by atoms with van der Waals surface area (Å²) in [5, 5.41) is 0. The van der Waals surface area contributed by atoms with Gasteiger partial charge in [0.1, 0.15) is 0 Å². The second kappa shape index (κ2) is 8.81. The summed E-state index contributed by atoms with van der Waals surface area (Å²) >= 11 is 0. The number of hydrogen-bond donors (Lipinski definition) is 2. The number of aromatic amines is 2. The van der Waals surface area contributed by atoms with E-state index in [0.717, 1.165) is 24.2 Å². The van der Waals surface area contributed by atoms with Crippen LogP contribution in [0.25, 0.3) is 0 Å². The lowest BCUT2D eigenvalue weighted by atomic mass is 10.0. The van der Waals surface area contributed by atoms with Crippen LogP contribution in [-0.4, -0.2) is 19.9 Å². The van der Waals surface area contributed by atoms with Crippen LogP contribution in [0.2, 0.25) is 0 Å². The van der Waals surface area contributed by atoms with Crippen molar-refractivity contribution in [2.45, 2.75) is 26.7 Å². The maximum atomic E-state index is 3.99. The number of aryl methyl sites for hydroxylation is 2. The molecule has 0 saturated carbocycles. The van der Waals surface area contributed by atoms with Crippen molar-refractivity contribution in [3.8, 4) is 0 Å². The SMILES string of the molecule is Cc1cccc(Cc2cnc[nH]2)c1.Cc1ccccc1Cc1cnc[nH]1. The third-order valence-corrected chi connectivity index (χ3v) is 4.23. The van der Waals surface area contributed by atoms with Crippen molar-refractivity contribution >= 4 is 0 Å². The quantitative estimate of drug-likeness (QED) is 0.567. The molecule has 26 heavy (non-hydrogen) atoms. The van der Waals surface area contributed by atoms with Crippen LogP contribution in [0.5, 0.6) is 0 Å². The average Bonchev–Trinajstić information content (AvgIpc) is 3.32. The van der Waals surface area contributed by atoms with Gasteiger partial charge >= 0.3 is 0 Å². The maximum absolute atomic E-state index is 3.99. The highest BCUT2D eigenvalue weighted by atomic mass is 14.9. The first-order valence-electron chi connectivity index (χ1n) is 8.75. The molecule has 0 fully saturated rings. The molecule has 2 aromatic heterocycles. The molecule has 4 nitrogen and oxygen atoms in total. The number of benzene rings is 2. The Morgan fingerprint density at radius 2 is 1.46 bits per heavy atom. The summed E-state index contributed by atoms with van der Waals surface area (Å²) in [6.07, 6.45) is 9.03. The summed E-state index contributed by atoms with van der Waals surface area (Å²) in [4.78, 5) is 14.2. The largest absolute Gasteiger partial charge is 0.348 e. The fraction of sp³-hybridized carbons (Fsp3) is 0.182. The highest BCUT2D eigenvalue weighted by Gasteiger charge is 1.99. The minimum atomic E-state index is 0.932. The maximum Gasteiger partial charge on any atom is 0.0921 e. The average molecular weight is 344 g/mol. The Kier molecular flexibility index (Phi) is 5.99. The Morgan fingerprint density at radius 3 is 2.08 bits per heavy atom. The standard InChI is InChI=1S/2C11H12N2/c1-9-3-2-4-10(5-9)6-11-7-12-8-13-11;1-9-4-2-3-5-10(9)6-11-7-12-8-13-11/h2*2-5,7-8H,6H2,1H3,(H,12,13). The summed E-state index contributed by atoms with van der Waals surface area (Å²) in [5.74, 6) is 0. The van der Waals surface area contributed by atoms with Gasteiger partial charge in [-0.1, -0.05) is 54.1 Å². The summed E-state index contributed by atoms with van der Waals surface area (Å²) in [6, 6.07) is 16.9. The van der Waals surface area contributed by atoms with Crippen LogP contribution in [0.15, 0.2) is 73.6 Å². The van der Waals surface area contributed by atoms with Gasteiger partial charge in [-0.2, -0.15) is 0 Å². The van der Waals surface area contributed by atoms with E-state index in [0.29, 0.717) is 0 Å². The van der Waals surface area contributed by atoms with E-state index in [2.05, 4.69) is 82.3 Å². The van der Waals surface area contributed by atoms with Crippen LogP contribution in [0, 0.1) is 13.8 Å². The van der Waals surface area contributed by atoms with E-state index in [1.165, 1.54) is 22.3 Å². The van der Waals surface area contributed by atoms with Crippen molar-refractivity contribution in [2.75, 3.05) is 0 Å². The first-order valence-corrected chi connectivity index (χ1v) is 8.75. The fourth-order valence-corrected chi connectivity index (χ4v) is 2.82. The van der Waals surface area contributed by atoms with E-state index >= 15 is 0 Å². The van der Waals surface area contributed by atoms with Crippen LogP contribution in [0.4, 0.5) is 0 Å². The molecule has 0 amide bonds. The number of H-pyrrole nitrogens is 2. The molecule has 0 aliphatic rings. The van der Waals surface area contributed by atoms with Gasteiger partial charge in [-0.15, -0.1) is 0 Å². The topological polar surface area (TPSA) is 57.4 Å². The molecule has 4 heteroatoms. The minimum absolute atomic E-state index is 0.932. The Morgan fingerprint density at radius 1 is 0.769 bits per heavy atom. The second-order valence-corrected chi connectivity index (χ2v) is 6.42. The van der Waals surface area contributed by atoms with E-state index in [9.17, 15) is 0 Å². The fourth-order valence-electron chi connectivity index (χ4n) is 2.82. The Labute approximate surface area is 154 Å². The van der Waals surface area contributed by atoms with Crippen molar-refractivity contribution in [1.82, 2.24) is 19.9 Å². The van der Waals surface area contributed by atoms with E-state index in [4.69, 9.17) is 0 Å². The molecule has 0 aliphatic heterocycles. The summed E-state index contributed by atoms with van der Waals surface area (Å²) in [6.45, 7) is 4.24. The molecule has 0 bridgehead atoms. The molecule has 132 valence electrons. The molecule has 2 heterocycles. The lowest BCUT2D eigenvalue weighted by Crippen LogP contribution is -1.90. The molecule has 0 aliphatic carbocycles. The van der Waals surface area contributed by atoms with Gasteiger partial charge in [-0.25, -0.2) is 9.97 Å². The van der Waals surface area contributed by atoms with E-state index in [1.807, 2.05) is 12.4 Å². The predicted molar refractivity (Wildman–Crippen MR) is 105 cm³/mol. The molecule has 2 aromatic carbocycles. The highest BCUT2D eigenvalue weighted by Crippen LogP contribution is 2.11. The van der Waals surface area contributed by atoms with E-state index in [1.54, 1.807) is 12.7 Å². The zero-order chi connectivity index (χ0) is 18.2. The van der Waals surface area contributed by atoms with Gasteiger partial charge in [-0.05, 0) is 30.5 Å². The van der Waals surface area contributed by atoms with Crippen LogP contribution in [-0.2, 0) is 12.8 Å². The van der Waals surface area contributed by atoms with Gasteiger partial charge in [0, 0.05) is 36.6 Å². The van der Waals surface area contributed by atoms with Crippen LogP contribution in [0.1, 0.15) is 33.6 Å². The van der Waals surface area contributed by atoms with Crippen molar-refractivity contribution in [2.24, 2.45) is 0 Å². The zero-order valence-corrected chi connectivity index (χ0v) is 15.2. The number of nitrogens with one attached hydrogen (secondary N) is 2. The monoisotopic (exact) mass is 344 g/mol. The number of rotatable bonds is 4. The highest BCUT2D eigenvalue weighted by molar-refractivity contribution is 5.29. The lowest BCUT2D eigenvalue weighted by Gasteiger charge is -2.02. The molecule has 0 radical (unpaired) electrons. The van der Waals surface area contributed by atoms with E-state index < -0.39 is 0 Å². The second-order valence-electron chi connectivity index (χ2n) is 6.42. The molecule has 0 unspecified atom stereocenters. The van der Waals surface area contributed by atoms with Gasteiger partial charge in [0.25, 0.3) is 0 Å². The van der Waals surface area contributed by atoms with Crippen molar-refractivity contribution < 1.29 is 0 Å². The van der Waals surface area contributed by atoms with Gasteiger partial charge in [0.2, 0.25) is 0 Å². The molecular formula is C22H24N4. The van der Waals surface area contributed by atoms with Gasteiger partial charge in [0.05, 0.1) is 12.7 Å². The zero-order valence-electron chi connectivity index (χ0n) is 15.2. The summed E-state index contributed by atoms with van der Waals surface area (Å²) in [5.41, 5.74) is 7.63. The van der Waals surface area contributed by atoms with Crippen LogP contribution in [0.3, 0.4) is 0 Å². The van der Waals surface area contributed by atoms with Gasteiger partial charge < -0.3 is 9.97 Å². The third-order valence-electron chi connectivity index (χ3n) is 4.23. The Bertz CT molecular complexity index is 909. The van der Waals surface area contributed by atoms with Crippen LogP contribution >= 0.6 is 0 Å². The molecule has 2 N–H and O–H groups in total. The molecule has 4 rings (SSSR count). The minimum Gasteiger partial charge on any atom is -0.348 e.